The molecule has 4 heterocycles. The number of benzene rings is 1. The smallest absolute Gasteiger partial charge is 0.352 e. The molecule has 6 N–H and O–H groups in total. The van der Waals surface area contributed by atoms with Gasteiger partial charge in [-0.05, 0) is 30.7 Å². The molecule has 54 heavy (non-hydrogen) atoms. The molecule has 2 atom stereocenters. The van der Waals surface area contributed by atoms with Crippen molar-refractivity contribution in [3.8, 4) is 11.5 Å². The van der Waals surface area contributed by atoms with Crippen molar-refractivity contribution in [2.75, 3.05) is 23.8 Å². The number of carbonyl (C=O) groups is 7. The fourth-order valence-electron chi connectivity index (χ4n) is 4.60. The SMILES string of the molecule is CC(=O)Oc1ccc(C(=O)NNC(=O)CON=C(C(=O)NC2C(=O)N3C(C(=O)O)=C(CSc4nnc(C)s4)CS[C@H]23)c2csc(N)n2)cc1OC(C)=O.Cl. The predicted octanol–water partition coefficient (Wildman–Crippen LogP) is 0.870. The number of rotatable bonds is 13. The van der Waals surface area contributed by atoms with Crippen LogP contribution in [-0.2, 0) is 33.6 Å². The number of carboxylic acid groups (broad SMARTS) is 1. The lowest BCUT2D eigenvalue weighted by atomic mass is 10.0. The fraction of sp³-hybridized carbons (Fsp3) is 0.276. The van der Waals surface area contributed by atoms with Gasteiger partial charge in [-0.1, -0.05) is 28.3 Å². The number of halogens is 1. The summed E-state index contributed by atoms with van der Waals surface area (Å²) in [5.41, 5.74) is 9.74. The Bertz CT molecular complexity index is 2070. The second kappa shape index (κ2) is 18.2. The second-order valence-electron chi connectivity index (χ2n) is 10.6. The Morgan fingerprint density at radius 3 is 2.44 bits per heavy atom. The first-order chi connectivity index (χ1) is 25.2. The van der Waals surface area contributed by atoms with Crippen LogP contribution in [0.3, 0.4) is 0 Å². The minimum atomic E-state index is -1.29. The number of aliphatic carboxylic acids is 1. The Morgan fingerprint density at radius 2 is 1.81 bits per heavy atom. The van der Waals surface area contributed by atoms with Crippen molar-refractivity contribution >= 4 is 111 Å². The van der Waals surface area contributed by atoms with Gasteiger partial charge in [0.2, 0.25) is 0 Å². The van der Waals surface area contributed by atoms with Crippen molar-refractivity contribution in [2.45, 2.75) is 36.5 Å². The highest BCUT2D eigenvalue weighted by molar-refractivity contribution is 8.01. The quantitative estimate of drug-likeness (QED) is 0.0399. The van der Waals surface area contributed by atoms with Crippen LogP contribution in [0.1, 0.15) is 34.9 Å². The molecule has 1 saturated heterocycles. The zero-order valence-electron chi connectivity index (χ0n) is 28.0. The number of thioether (sulfide) groups is 2. The summed E-state index contributed by atoms with van der Waals surface area (Å²) in [6, 6.07) is 2.46. The van der Waals surface area contributed by atoms with Gasteiger partial charge in [0.05, 0.1) is 0 Å². The van der Waals surface area contributed by atoms with Crippen molar-refractivity contribution in [1.82, 2.24) is 36.2 Å². The summed E-state index contributed by atoms with van der Waals surface area (Å²) in [5.74, 6) is -5.83. The molecule has 2 aromatic heterocycles. The fourth-order valence-corrected chi connectivity index (χ4v) is 8.45. The number of amides is 4. The first kappa shape index (κ1) is 41.5. The van der Waals surface area contributed by atoms with Gasteiger partial charge in [-0.2, -0.15) is 0 Å². The number of esters is 2. The van der Waals surface area contributed by atoms with Crippen LogP contribution in [0.4, 0.5) is 5.13 Å². The topological polar surface area (TPSA) is 284 Å². The molecule has 0 bridgehead atoms. The van der Waals surface area contributed by atoms with Gasteiger partial charge in [0.25, 0.3) is 23.6 Å². The Labute approximate surface area is 327 Å². The number of nitrogen functional groups attached to an aromatic ring is 1. The largest absolute Gasteiger partial charge is 0.477 e. The van der Waals surface area contributed by atoms with Crippen LogP contribution in [0.2, 0.25) is 0 Å². The van der Waals surface area contributed by atoms with Crippen molar-refractivity contribution in [3.63, 3.8) is 0 Å². The highest BCUT2D eigenvalue weighted by Crippen LogP contribution is 2.42. The number of carboxylic acids is 1. The standard InChI is InChI=1S/C29H27N9O11S4.ClH/c1-11-33-36-29(53-11)52-9-15-8-50-26-21(25(44)38(26)22(15)27(45)46)32-24(43)20(16-10-51-28(30)31-16)37-47-7-19(41)34-35-23(42)14-4-5-17(48-12(2)39)18(6-14)49-13(3)40;/h4-6,10,21,26H,7-9H2,1-3H3,(H2,30,31)(H,32,43)(H,34,41)(H,35,42)(H,45,46);1H/t21?,26-;/m1./s1. The number of aryl methyl sites for hydroxylation is 1. The molecule has 3 aromatic rings. The number of anilines is 1. The summed E-state index contributed by atoms with van der Waals surface area (Å²) in [7, 11) is 0. The maximum Gasteiger partial charge on any atom is 0.352 e. The van der Waals surface area contributed by atoms with Crippen LogP contribution in [0.25, 0.3) is 0 Å². The molecule has 2 aliphatic heterocycles. The summed E-state index contributed by atoms with van der Waals surface area (Å²) < 4.78 is 10.6. The number of hydrogen-bond acceptors (Lipinski definition) is 19. The number of hydrogen-bond donors (Lipinski definition) is 5. The van der Waals surface area contributed by atoms with Gasteiger partial charge in [0, 0.05) is 36.3 Å². The lowest BCUT2D eigenvalue weighted by Crippen LogP contribution is -2.71. The van der Waals surface area contributed by atoms with E-state index in [1.807, 2.05) is 0 Å². The predicted molar refractivity (Wildman–Crippen MR) is 196 cm³/mol. The van der Waals surface area contributed by atoms with E-state index in [2.05, 4.69) is 36.5 Å². The zero-order chi connectivity index (χ0) is 38.4. The molecule has 0 saturated carbocycles. The number of aromatic nitrogens is 3. The molecule has 1 fully saturated rings. The Kier molecular flexibility index (Phi) is 13.9. The molecule has 20 nitrogen and oxygen atoms in total. The maximum atomic E-state index is 13.4. The van der Waals surface area contributed by atoms with Crippen LogP contribution < -0.4 is 31.4 Å². The zero-order valence-corrected chi connectivity index (χ0v) is 32.1. The average Bonchev–Trinajstić information content (AvgIpc) is 3.73. The number of fused-ring (bicyclic) bond motifs is 1. The lowest BCUT2D eigenvalue weighted by Gasteiger charge is -2.49. The van der Waals surface area contributed by atoms with Gasteiger partial charge >= 0.3 is 17.9 Å². The summed E-state index contributed by atoms with van der Waals surface area (Å²) in [4.78, 5) is 96.9. The number of oxime groups is 1. The van der Waals surface area contributed by atoms with E-state index in [4.69, 9.17) is 20.0 Å². The maximum absolute atomic E-state index is 13.4. The molecule has 0 radical (unpaired) electrons. The van der Waals surface area contributed by atoms with E-state index in [0.717, 1.165) is 41.2 Å². The van der Waals surface area contributed by atoms with E-state index in [-0.39, 0.29) is 57.5 Å². The van der Waals surface area contributed by atoms with E-state index in [9.17, 15) is 38.7 Å². The molecular weight excluding hydrogens is 814 g/mol. The molecule has 4 amide bonds. The first-order valence-electron chi connectivity index (χ1n) is 14.9. The summed E-state index contributed by atoms with van der Waals surface area (Å²) in [5, 5.41) is 25.7. The molecule has 0 aliphatic carbocycles. The first-order valence-corrected chi connectivity index (χ1v) is 18.6. The third-order valence-electron chi connectivity index (χ3n) is 6.77. The van der Waals surface area contributed by atoms with Gasteiger partial charge < -0.3 is 30.5 Å². The van der Waals surface area contributed by atoms with Gasteiger partial charge in [-0.25, -0.2) is 9.78 Å². The summed E-state index contributed by atoms with van der Waals surface area (Å²) in [6.45, 7) is 3.24. The summed E-state index contributed by atoms with van der Waals surface area (Å²) in [6.07, 6.45) is 0. The molecule has 1 aromatic carbocycles. The van der Waals surface area contributed by atoms with Gasteiger partial charge in [0.15, 0.2) is 33.3 Å². The molecule has 25 heteroatoms. The van der Waals surface area contributed by atoms with E-state index < -0.39 is 65.3 Å². The Hall–Kier alpha value is -5.30. The normalized spacial score (nSPS) is 16.2. The number of β-lactam (4-membered cyclic amide) rings is 1. The minimum Gasteiger partial charge on any atom is -0.477 e. The van der Waals surface area contributed by atoms with E-state index in [1.165, 1.54) is 52.4 Å². The Balaban J connectivity index is 0.00000650. The Morgan fingerprint density at radius 1 is 1.09 bits per heavy atom. The highest BCUT2D eigenvalue weighted by atomic mass is 35.5. The number of nitrogens with two attached hydrogens (primary N) is 1. The number of thiazole rings is 1. The van der Waals surface area contributed by atoms with Crippen LogP contribution in [-0.4, -0.2) is 102 Å². The molecule has 5 rings (SSSR count). The molecule has 2 aliphatic rings. The van der Waals surface area contributed by atoms with Crippen molar-refractivity contribution < 1.29 is 53.0 Å². The molecular formula is C29H28ClN9O11S4. The molecule has 286 valence electrons. The van der Waals surface area contributed by atoms with Crippen LogP contribution in [0, 0.1) is 6.92 Å². The van der Waals surface area contributed by atoms with Gasteiger partial charge in [-0.15, -0.1) is 45.7 Å². The van der Waals surface area contributed by atoms with Gasteiger partial charge in [-0.3, -0.25) is 44.5 Å². The number of carbonyl (C=O) groups excluding carboxylic acids is 6. The van der Waals surface area contributed by atoms with Crippen molar-refractivity contribution in [1.29, 1.82) is 0 Å². The van der Waals surface area contributed by atoms with Crippen molar-refractivity contribution in [3.05, 3.63) is 51.1 Å². The van der Waals surface area contributed by atoms with Crippen LogP contribution in [0.15, 0.2) is 44.3 Å². The van der Waals surface area contributed by atoms with E-state index in [1.54, 1.807) is 6.92 Å². The lowest BCUT2D eigenvalue weighted by molar-refractivity contribution is -0.150. The third-order valence-corrected chi connectivity index (χ3v) is 10.8. The van der Waals surface area contributed by atoms with E-state index in [0.29, 0.717) is 9.91 Å². The van der Waals surface area contributed by atoms with Gasteiger partial charge in [0.1, 0.15) is 27.8 Å². The monoisotopic (exact) mass is 841 g/mol. The second-order valence-corrected chi connectivity index (χ2v) is 15.0. The van der Waals surface area contributed by atoms with Crippen LogP contribution >= 0.6 is 58.6 Å². The molecule has 1 unspecified atom stereocenters. The van der Waals surface area contributed by atoms with Crippen molar-refractivity contribution in [2.24, 2.45) is 5.16 Å². The van der Waals surface area contributed by atoms with E-state index >= 15 is 0 Å². The number of nitrogens with zero attached hydrogens (tertiary/aromatic N) is 5. The minimum absolute atomic E-state index is 0. The number of ether oxygens (including phenoxy) is 2. The average molecular weight is 842 g/mol. The number of hydrazine groups is 1. The highest BCUT2D eigenvalue weighted by Gasteiger charge is 2.54. The number of nitrogens with one attached hydrogen (secondary N) is 3. The molecule has 0 spiro atoms. The van der Waals surface area contributed by atoms with Crippen LogP contribution in [0.5, 0.6) is 11.5 Å². The third kappa shape index (κ3) is 10.0. The summed E-state index contributed by atoms with van der Waals surface area (Å²) >= 11 is 4.93.